The third kappa shape index (κ3) is 3.05. The molecule has 2 unspecified atom stereocenters. The number of benzene rings is 1. The summed E-state index contributed by atoms with van der Waals surface area (Å²) >= 11 is 0. The number of aliphatic hydroxyl groups is 1. The third-order valence-electron chi connectivity index (χ3n) is 3.36. The van der Waals surface area contributed by atoms with Crippen LogP contribution in [0.15, 0.2) is 18.2 Å². The number of nitrogens with two attached hydrogens (primary N) is 1. The van der Waals surface area contributed by atoms with Crippen LogP contribution < -0.4 is 10.6 Å². The summed E-state index contributed by atoms with van der Waals surface area (Å²) in [4.78, 5) is 2.04. The number of hydrogen-bond donors (Lipinski definition) is 2. The van der Waals surface area contributed by atoms with Crippen LogP contribution in [0.4, 0.5) is 10.1 Å². The van der Waals surface area contributed by atoms with Gasteiger partial charge in [-0.3, -0.25) is 0 Å². The van der Waals surface area contributed by atoms with Crippen LogP contribution in [0, 0.1) is 5.82 Å². The van der Waals surface area contributed by atoms with E-state index in [1.54, 1.807) is 13.0 Å². The van der Waals surface area contributed by atoms with Crippen molar-refractivity contribution in [2.75, 3.05) is 24.6 Å². The highest BCUT2D eigenvalue weighted by atomic mass is 19.1. The molecule has 1 aliphatic heterocycles. The Hall–Kier alpha value is -1.17. The van der Waals surface area contributed by atoms with Crippen molar-refractivity contribution in [3.8, 4) is 0 Å². The molecule has 1 aromatic rings. The topological polar surface area (TPSA) is 58.7 Å². The molecule has 0 aromatic heterocycles. The Labute approximate surface area is 113 Å². The molecule has 3 atom stereocenters. The second-order valence-corrected chi connectivity index (χ2v) is 5.12. The first kappa shape index (κ1) is 14.2. The van der Waals surface area contributed by atoms with Crippen molar-refractivity contribution < 1.29 is 14.2 Å². The lowest BCUT2D eigenvalue weighted by molar-refractivity contribution is -0.0421. The SMILES string of the molecule is CC1CN(c2cccc(F)c2[C@H](C)N)CC(CO)O1. The molecule has 0 radical (unpaired) electrons. The molecule has 1 aliphatic rings. The zero-order chi connectivity index (χ0) is 14.0. The smallest absolute Gasteiger partial charge is 0.130 e. The van der Waals surface area contributed by atoms with Gasteiger partial charge in [0.25, 0.3) is 0 Å². The van der Waals surface area contributed by atoms with Crippen LogP contribution in [0.5, 0.6) is 0 Å². The third-order valence-corrected chi connectivity index (χ3v) is 3.36. The summed E-state index contributed by atoms with van der Waals surface area (Å²) < 4.78 is 19.5. The quantitative estimate of drug-likeness (QED) is 0.870. The maximum atomic E-state index is 13.9. The number of anilines is 1. The zero-order valence-corrected chi connectivity index (χ0v) is 11.3. The first-order valence-electron chi connectivity index (χ1n) is 6.58. The highest BCUT2D eigenvalue weighted by Gasteiger charge is 2.27. The largest absolute Gasteiger partial charge is 0.394 e. The van der Waals surface area contributed by atoms with E-state index in [-0.39, 0.29) is 30.7 Å². The molecule has 0 amide bonds. The average molecular weight is 268 g/mol. The summed E-state index contributed by atoms with van der Waals surface area (Å²) in [6, 6.07) is 4.61. The highest BCUT2D eigenvalue weighted by molar-refractivity contribution is 5.56. The number of hydrogen-bond acceptors (Lipinski definition) is 4. The molecule has 1 aromatic carbocycles. The van der Waals surface area contributed by atoms with Gasteiger partial charge < -0.3 is 20.5 Å². The fraction of sp³-hybridized carbons (Fsp3) is 0.571. The van der Waals surface area contributed by atoms with Crippen molar-refractivity contribution in [1.82, 2.24) is 0 Å². The Morgan fingerprint density at radius 3 is 2.89 bits per heavy atom. The van der Waals surface area contributed by atoms with E-state index in [1.165, 1.54) is 6.07 Å². The number of nitrogens with zero attached hydrogens (tertiary/aromatic N) is 1. The van der Waals surface area contributed by atoms with Crippen molar-refractivity contribution in [3.63, 3.8) is 0 Å². The predicted molar refractivity (Wildman–Crippen MR) is 72.6 cm³/mol. The van der Waals surface area contributed by atoms with E-state index in [1.807, 2.05) is 17.9 Å². The standard InChI is InChI=1S/C14H21FN2O2/c1-9-6-17(7-11(8-18)19-9)13-5-3-4-12(15)14(13)10(2)16/h3-5,9-11,18H,6-8,16H2,1-2H3/t9?,10-,11?/m0/s1. The minimum Gasteiger partial charge on any atom is -0.394 e. The van der Waals surface area contributed by atoms with E-state index < -0.39 is 0 Å². The van der Waals surface area contributed by atoms with Gasteiger partial charge in [0.05, 0.1) is 18.8 Å². The van der Waals surface area contributed by atoms with Crippen LogP contribution >= 0.6 is 0 Å². The second kappa shape index (κ2) is 5.86. The van der Waals surface area contributed by atoms with Gasteiger partial charge in [-0.25, -0.2) is 4.39 Å². The number of halogens is 1. The summed E-state index contributed by atoms with van der Waals surface area (Å²) in [6.45, 7) is 4.89. The highest BCUT2D eigenvalue weighted by Crippen LogP contribution is 2.30. The van der Waals surface area contributed by atoms with Gasteiger partial charge in [0.15, 0.2) is 0 Å². The molecule has 0 bridgehead atoms. The maximum Gasteiger partial charge on any atom is 0.130 e. The lowest BCUT2D eigenvalue weighted by Gasteiger charge is -2.38. The first-order valence-corrected chi connectivity index (χ1v) is 6.58. The van der Waals surface area contributed by atoms with Gasteiger partial charge in [-0.2, -0.15) is 0 Å². The van der Waals surface area contributed by atoms with E-state index in [0.29, 0.717) is 18.7 Å². The molecular weight excluding hydrogens is 247 g/mol. The Morgan fingerprint density at radius 2 is 2.26 bits per heavy atom. The Morgan fingerprint density at radius 1 is 1.53 bits per heavy atom. The fourth-order valence-electron chi connectivity index (χ4n) is 2.59. The lowest BCUT2D eigenvalue weighted by atomic mass is 10.0. The normalized spacial score (nSPS) is 25.4. The second-order valence-electron chi connectivity index (χ2n) is 5.12. The molecule has 3 N–H and O–H groups in total. The van der Waals surface area contributed by atoms with Gasteiger partial charge in [-0.1, -0.05) is 6.07 Å². The Balaban J connectivity index is 2.33. The average Bonchev–Trinajstić information content (AvgIpc) is 2.37. The van der Waals surface area contributed by atoms with E-state index >= 15 is 0 Å². The van der Waals surface area contributed by atoms with E-state index in [2.05, 4.69) is 0 Å². The van der Waals surface area contributed by atoms with Gasteiger partial charge >= 0.3 is 0 Å². The summed E-state index contributed by atoms with van der Waals surface area (Å²) in [7, 11) is 0. The van der Waals surface area contributed by atoms with Crippen LogP contribution in [-0.4, -0.2) is 37.0 Å². The van der Waals surface area contributed by atoms with Crippen molar-refractivity contribution in [2.24, 2.45) is 5.73 Å². The molecule has 0 saturated carbocycles. The van der Waals surface area contributed by atoms with Crippen molar-refractivity contribution in [2.45, 2.75) is 32.1 Å². The first-order chi connectivity index (χ1) is 9.02. The molecule has 1 fully saturated rings. The van der Waals surface area contributed by atoms with Crippen LogP contribution in [0.2, 0.25) is 0 Å². The monoisotopic (exact) mass is 268 g/mol. The Kier molecular flexibility index (Phi) is 4.39. The van der Waals surface area contributed by atoms with E-state index in [9.17, 15) is 9.50 Å². The van der Waals surface area contributed by atoms with Crippen LogP contribution in [0.3, 0.4) is 0 Å². The van der Waals surface area contributed by atoms with Gasteiger partial charge in [0, 0.05) is 30.4 Å². The minimum atomic E-state index is -0.373. The molecule has 106 valence electrons. The van der Waals surface area contributed by atoms with Crippen molar-refractivity contribution in [3.05, 3.63) is 29.6 Å². The van der Waals surface area contributed by atoms with Gasteiger partial charge in [-0.05, 0) is 26.0 Å². The molecule has 1 saturated heterocycles. The number of aliphatic hydroxyl groups excluding tert-OH is 1. The molecular formula is C14H21FN2O2. The maximum absolute atomic E-state index is 13.9. The Bertz CT molecular complexity index is 439. The molecule has 2 rings (SSSR count). The molecule has 4 nitrogen and oxygen atoms in total. The summed E-state index contributed by atoms with van der Waals surface area (Å²) in [5.74, 6) is -0.285. The van der Waals surface area contributed by atoms with Gasteiger partial charge in [-0.15, -0.1) is 0 Å². The summed E-state index contributed by atoms with van der Waals surface area (Å²) in [5, 5.41) is 9.26. The molecule has 0 spiro atoms. The number of ether oxygens (including phenoxy) is 1. The van der Waals surface area contributed by atoms with Crippen molar-refractivity contribution in [1.29, 1.82) is 0 Å². The lowest BCUT2D eigenvalue weighted by Crippen LogP contribution is -2.48. The molecule has 0 aliphatic carbocycles. The minimum absolute atomic E-state index is 0.00454. The van der Waals surface area contributed by atoms with Gasteiger partial charge in [0.2, 0.25) is 0 Å². The van der Waals surface area contributed by atoms with E-state index in [0.717, 1.165) is 5.69 Å². The number of morpholine rings is 1. The summed E-state index contributed by atoms with van der Waals surface area (Å²) in [5.41, 5.74) is 7.19. The van der Waals surface area contributed by atoms with Crippen LogP contribution in [0.1, 0.15) is 25.5 Å². The summed E-state index contributed by atoms with van der Waals surface area (Å²) in [6.07, 6.45) is -0.247. The van der Waals surface area contributed by atoms with Gasteiger partial charge in [0.1, 0.15) is 5.82 Å². The number of rotatable bonds is 3. The fourth-order valence-corrected chi connectivity index (χ4v) is 2.59. The van der Waals surface area contributed by atoms with Crippen LogP contribution in [0.25, 0.3) is 0 Å². The van der Waals surface area contributed by atoms with Crippen molar-refractivity contribution >= 4 is 5.69 Å². The predicted octanol–water partition coefficient (Wildman–Crippen LogP) is 1.43. The van der Waals surface area contributed by atoms with Crippen LogP contribution in [-0.2, 0) is 4.74 Å². The van der Waals surface area contributed by atoms with E-state index in [4.69, 9.17) is 10.5 Å². The zero-order valence-electron chi connectivity index (χ0n) is 11.3. The molecule has 5 heteroatoms. The molecule has 1 heterocycles. The molecule has 19 heavy (non-hydrogen) atoms.